The normalized spacial score (nSPS) is 23.0. The van der Waals surface area contributed by atoms with Gasteiger partial charge in [0.25, 0.3) is 8.32 Å². The largest absolute Gasteiger partial charge is 0.496 e. The van der Waals surface area contributed by atoms with Crippen LogP contribution in [0.4, 0.5) is 0 Å². The minimum atomic E-state index is -2.89. The van der Waals surface area contributed by atoms with Crippen LogP contribution in [0, 0.1) is 5.92 Å². The second-order valence-corrected chi connectivity index (χ2v) is 15.3. The van der Waals surface area contributed by atoms with Gasteiger partial charge in [0.2, 0.25) is 6.79 Å². The first-order chi connectivity index (χ1) is 18.2. The minimum Gasteiger partial charge on any atom is -0.496 e. The highest BCUT2D eigenvalue weighted by Gasteiger charge is 2.54. The van der Waals surface area contributed by atoms with E-state index < -0.39 is 32.5 Å². The van der Waals surface area contributed by atoms with Gasteiger partial charge in [0.05, 0.1) is 26.4 Å². The molecule has 0 unspecified atom stereocenters. The Kier molecular flexibility index (Phi) is 7.28. The van der Waals surface area contributed by atoms with E-state index in [9.17, 15) is 10.2 Å². The summed E-state index contributed by atoms with van der Waals surface area (Å²) in [4.78, 5) is 0. The first kappa shape index (κ1) is 26.7. The van der Waals surface area contributed by atoms with Gasteiger partial charge >= 0.3 is 0 Å². The van der Waals surface area contributed by atoms with Gasteiger partial charge in [0, 0.05) is 24.2 Å². The molecule has 2 aliphatic heterocycles. The third-order valence-corrected chi connectivity index (χ3v) is 12.8. The zero-order valence-corrected chi connectivity index (χ0v) is 23.3. The summed E-state index contributed by atoms with van der Waals surface area (Å²) < 4.78 is 30.1. The van der Waals surface area contributed by atoms with Crippen LogP contribution in [0.25, 0.3) is 0 Å². The van der Waals surface area contributed by atoms with Crippen molar-refractivity contribution in [3.63, 3.8) is 0 Å². The molecular weight excluding hydrogens is 500 g/mol. The van der Waals surface area contributed by atoms with E-state index in [2.05, 4.69) is 45.0 Å². The van der Waals surface area contributed by atoms with Gasteiger partial charge in [-0.15, -0.1) is 0 Å². The van der Waals surface area contributed by atoms with Crippen molar-refractivity contribution in [3.05, 3.63) is 78.4 Å². The van der Waals surface area contributed by atoms with Crippen molar-refractivity contribution in [2.45, 2.75) is 37.5 Å². The molecule has 0 spiro atoms. The molecule has 7 nitrogen and oxygen atoms in total. The Hall–Kier alpha value is -2.88. The highest BCUT2D eigenvalue weighted by molar-refractivity contribution is 6.99. The van der Waals surface area contributed by atoms with Gasteiger partial charge in [-0.25, -0.2) is 0 Å². The summed E-state index contributed by atoms with van der Waals surface area (Å²) in [6.45, 7) is 6.45. The predicted molar refractivity (Wildman–Crippen MR) is 147 cm³/mol. The lowest BCUT2D eigenvalue weighted by Gasteiger charge is -2.44. The summed E-state index contributed by atoms with van der Waals surface area (Å²) in [7, 11) is -1.30. The molecule has 202 valence electrons. The molecule has 3 aromatic rings. The summed E-state index contributed by atoms with van der Waals surface area (Å²) in [5.41, 5.74) is -0.769. The molecule has 0 bridgehead atoms. The predicted octanol–water partition coefficient (Wildman–Crippen LogP) is 3.41. The number of hydrogen-bond donors (Lipinski definition) is 2. The molecule has 2 aliphatic rings. The van der Waals surface area contributed by atoms with Gasteiger partial charge < -0.3 is 33.6 Å². The van der Waals surface area contributed by atoms with E-state index in [0.29, 0.717) is 17.2 Å². The van der Waals surface area contributed by atoms with Crippen molar-refractivity contribution in [2.24, 2.45) is 5.92 Å². The Morgan fingerprint density at radius 2 is 1.53 bits per heavy atom. The number of ether oxygens (including phenoxy) is 4. The van der Waals surface area contributed by atoms with Crippen LogP contribution in [0.15, 0.2) is 72.8 Å². The number of methoxy groups -OCH3 is 1. The minimum absolute atomic E-state index is 0.0272. The lowest BCUT2D eigenvalue weighted by Crippen LogP contribution is -2.67. The van der Waals surface area contributed by atoms with Crippen LogP contribution in [0.3, 0.4) is 0 Å². The maximum absolute atomic E-state index is 11.6. The Morgan fingerprint density at radius 3 is 2.05 bits per heavy atom. The van der Waals surface area contributed by atoms with Crippen LogP contribution in [-0.2, 0) is 9.16 Å². The second kappa shape index (κ2) is 10.4. The second-order valence-electron chi connectivity index (χ2n) is 11.0. The highest BCUT2D eigenvalue weighted by Crippen LogP contribution is 2.49. The van der Waals surface area contributed by atoms with E-state index in [1.807, 2.05) is 42.5 Å². The molecule has 0 aliphatic carbocycles. The zero-order valence-electron chi connectivity index (χ0n) is 22.3. The summed E-state index contributed by atoms with van der Waals surface area (Å²) in [6, 6.07) is 24.3. The van der Waals surface area contributed by atoms with Crippen LogP contribution in [0.1, 0.15) is 32.4 Å². The van der Waals surface area contributed by atoms with Crippen LogP contribution in [0.2, 0.25) is 5.04 Å². The monoisotopic (exact) mass is 536 g/mol. The van der Waals surface area contributed by atoms with Crippen molar-refractivity contribution >= 4 is 18.7 Å². The molecule has 1 saturated heterocycles. The average molecular weight is 537 g/mol. The van der Waals surface area contributed by atoms with Crippen LogP contribution >= 0.6 is 0 Å². The first-order valence-electron chi connectivity index (χ1n) is 12.9. The average Bonchev–Trinajstić information content (AvgIpc) is 3.52. The fourth-order valence-electron chi connectivity index (χ4n) is 5.77. The number of fused-ring (bicyclic) bond motifs is 1. The molecule has 0 amide bonds. The Balaban J connectivity index is 1.58. The Morgan fingerprint density at radius 1 is 0.947 bits per heavy atom. The lowest BCUT2D eigenvalue weighted by atomic mass is 9.84. The van der Waals surface area contributed by atoms with Crippen molar-refractivity contribution in [1.82, 2.24) is 0 Å². The van der Waals surface area contributed by atoms with Gasteiger partial charge in [-0.1, -0.05) is 81.4 Å². The maximum Gasteiger partial charge on any atom is 0.261 e. The number of hydrogen-bond acceptors (Lipinski definition) is 7. The molecule has 1 fully saturated rings. The number of rotatable bonds is 8. The van der Waals surface area contributed by atoms with Crippen molar-refractivity contribution in [2.75, 3.05) is 33.7 Å². The molecule has 3 aromatic carbocycles. The quantitative estimate of drug-likeness (QED) is 0.427. The molecule has 3 atom stereocenters. The smallest absolute Gasteiger partial charge is 0.261 e. The van der Waals surface area contributed by atoms with E-state index in [4.69, 9.17) is 23.4 Å². The summed E-state index contributed by atoms with van der Waals surface area (Å²) in [6.07, 6.45) is -0.588. The molecule has 0 saturated carbocycles. The number of aliphatic hydroxyl groups is 2. The van der Waals surface area contributed by atoms with Gasteiger partial charge in [-0.3, -0.25) is 0 Å². The van der Waals surface area contributed by atoms with E-state index in [0.717, 1.165) is 15.9 Å². The summed E-state index contributed by atoms with van der Waals surface area (Å²) in [5.74, 6) is 1.19. The standard InChI is InChI=1S/C30H36O7Si/c1-29(2,3)38(21-11-7-5-8-12-21,22-13-9-6-10-14-22)37-17-24-28(34-19-30(24,32)18-31)23-15-26-27(36-20-35-26)16-25(23)33-4/h5-16,24,28,31-32H,17-20H2,1-4H3/t24-,28-,30-/m1/s1. The zero-order chi connectivity index (χ0) is 27.0. The lowest BCUT2D eigenvalue weighted by molar-refractivity contribution is -0.0545. The first-order valence-corrected chi connectivity index (χ1v) is 14.8. The van der Waals surface area contributed by atoms with Gasteiger partial charge in [-0.05, 0) is 21.5 Å². The van der Waals surface area contributed by atoms with E-state index >= 15 is 0 Å². The van der Waals surface area contributed by atoms with Crippen LogP contribution in [-0.4, -0.2) is 57.9 Å². The molecule has 2 N–H and O–H groups in total. The third kappa shape index (κ3) is 4.50. The van der Waals surface area contributed by atoms with E-state index in [-0.39, 0.29) is 25.0 Å². The topological polar surface area (TPSA) is 86.6 Å². The summed E-state index contributed by atoms with van der Waals surface area (Å²) >= 11 is 0. The maximum atomic E-state index is 11.6. The highest BCUT2D eigenvalue weighted by atomic mass is 28.4. The number of aliphatic hydroxyl groups excluding tert-OH is 1. The van der Waals surface area contributed by atoms with Crippen molar-refractivity contribution < 1.29 is 33.6 Å². The molecule has 0 aromatic heterocycles. The number of benzene rings is 3. The summed E-state index contributed by atoms with van der Waals surface area (Å²) in [5, 5.41) is 23.9. The molecule has 5 rings (SSSR count). The SMILES string of the molecule is COc1cc2c(cc1[C@H]1OC[C@](O)(CO)[C@@H]1CO[Si](c1ccccc1)(c1ccccc1)C(C)(C)C)OCO2. The van der Waals surface area contributed by atoms with Crippen LogP contribution in [0.5, 0.6) is 17.2 Å². The molecule has 2 heterocycles. The molecule has 8 heteroatoms. The fraction of sp³-hybridized carbons (Fsp3) is 0.400. The van der Waals surface area contributed by atoms with Gasteiger partial charge in [0.15, 0.2) is 11.5 Å². The van der Waals surface area contributed by atoms with Crippen LogP contribution < -0.4 is 24.6 Å². The Labute approximate surface area is 225 Å². The molecular formula is C30H36O7Si. The third-order valence-electron chi connectivity index (χ3n) is 7.77. The van der Waals surface area contributed by atoms with Gasteiger partial charge in [0.1, 0.15) is 11.4 Å². The Bertz CT molecular complexity index is 1210. The fourth-order valence-corrected chi connectivity index (χ4v) is 10.4. The molecule has 38 heavy (non-hydrogen) atoms. The van der Waals surface area contributed by atoms with E-state index in [1.54, 1.807) is 13.2 Å². The van der Waals surface area contributed by atoms with Crippen molar-refractivity contribution in [1.29, 1.82) is 0 Å². The van der Waals surface area contributed by atoms with Gasteiger partial charge in [-0.2, -0.15) is 0 Å². The van der Waals surface area contributed by atoms with E-state index in [1.165, 1.54) is 0 Å². The molecule has 0 radical (unpaired) electrons. The van der Waals surface area contributed by atoms with Crippen molar-refractivity contribution in [3.8, 4) is 17.2 Å².